The summed E-state index contributed by atoms with van der Waals surface area (Å²) in [6.07, 6.45) is 9.22. The Morgan fingerprint density at radius 2 is 1.13 bits per heavy atom. The first-order valence-electron chi connectivity index (χ1n) is 28.0. The van der Waals surface area contributed by atoms with Gasteiger partial charge >= 0.3 is 12.2 Å². The summed E-state index contributed by atoms with van der Waals surface area (Å²) in [5, 5.41) is 17.0. The van der Waals surface area contributed by atoms with E-state index in [-0.39, 0.29) is 82.2 Å². The van der Waals surface area contributed by atoms with Crippen LogP contribution in [0.4, 0.5) is 29.7 Å². The Kier molecular flexibility index (Phi) is 19.4. The second kappa shape index (κ2) is 26.6. The number of anilines is 2. The van der Waals surface area contributed by atoms with Crippen molar-refractivity contribution in [3.8, 4) is 34.3 Å². The molecule has 2 atom stereocenters. The maximum absolute atomic E-state index is 14.8. The summed E-state index contributed by atoms with van der Waals surface area (Å²) in [5.74, 6) is -0.841. The van der Waals surface area contributed by atoms with E-state index < -0.39 is 35.0 Å². The predicted octanol–water partition coefficient (Wildman–Crippen LogP) is 11.4. The van der Waals surface area contributed by atoms with Gasteiger partial charge in [0.15, 0.2) is 23.2 Å². The van der Waals surface area contributed by atoms with Gasteiger partial charge in [0.25, 0.3) is 0 Å². The molecule has 0 aliphatic carbocycles. The largest absolute Gasteiger partial charge is 0.496 e. The molecule has 2 amide bonds. The normalized spacial score (nSPS) is 15.4. The Morgan fingerprint density at radius 3 is 1.59 bits per heavy atom. The fourth-order valence-corrected chi connectivity index (χ4v) is 12.6. The molecule has 2 aliphatic rings. The first kappa shape index (κ1) is 62.9. The Hall–Kier alpha value is -7.62. The fourth-order valence-electron chi connectivity index (χ4n) is 10.8. The van der Waals surface area contributed by atoms with Crippen LogP contribution in [0.5, 0.6) is 11.5 Å². The van der Waals surface area contributed by atoms with Gasteiger partial charge in [-0.25, -0.2) is 38.3 Å². The van der Waals surface area contributed by atoms with Crippen LogP contribution in [0, 0.1) is 18.8 Å². The number of nitrogens with one attached hydrogen (secondary N) is 2. The lowest BCUT2D eigenvalue weighted by Crippen LogP contribution is -2.49. The van der Waals surface area contributed by atoms with Crippen LogP contribution in [-0.2, 0) is 36.4 Å². The Labute approximate surface area is 524 Å². The maximum atomic E-state index is 14.8. The summed E-state index contributed by atoms with van der Waals surface area (Å²) in [4.78, 5) is 74.3. The molecular formula is C62H68F2I2N12O8. The second-order valence-corrected chi connectivity index (χ2v) is 25.4. The van der Waals surface area contributed by atoms with Gasteiger partial charge in [-0.2, -0.15) is 10.2 Å². The SMILES string of the molecule is COc1cccc(F)c1-c1nccc(C(=O)Cc2cc(I)c3c(cnn3C)c2N2CCC[C@@H](NC(=O)OC(C)(C)C)C2)n1.COc1cccc(F)c1-c1nccc(C(=O)Cc2cc(I)c3nn(C)cc3c2N2CCC[C@@H](NC(=O)OC(C)(C)C)C2)n1. The standard InChI is InChI=1S/2C31H34FIN6O4/c1-31(2,3)43-30(41)36-19-8-7-13-39(17-19)27-18(14-22(33)28-20(27)16-35-38(28)4)15-24(40)23-11-12-34-29(37-23)26-21(32)9-6-10-25(26)42-5;1-31(2,3)43-30(41)35-19-8-7-13-39(16-19)28-18(14-22(33)27-20(28)17-38(4)37-27)15-24(40)23-11-12-34-29(36-23)26-21(32)9-6-10-25(26)42-5/h6,9-12,14,16,19H,7-8,13,15,17H2,1-5H3,(H,36,41);6,9-12,14,17,19H,7-8,13,15-16H2,1-5H3,(H,35,41)/t2*19-/m11/s1. The molecule has 6 heterocycles. The van der Waals surface area contributed by atoms with Crippen LogP contribution in [0.3, 0.4) is 0 Å². The second-order valence-electron chi connectivity index (χ2n) is 23.1. The first-order valence-corrected chi connectivity index (χ1v) is 30.2. The minimum Gasteiger partial charge on any atom is -0.496 e. The molecule has 8 aromatic rings. The highest BCUT2D eigenvalue weighted by Gasteiger charge is 2.32. The number of ketones is 2. The van der Waals surface area contributed by atoms with E-state index >= 15 is 0 Å². The van der Waals surface area contributed by atoms with Crippen LogP contribution >= 0.6 is 45.2 Å². The van der Waals surface area contributed by atoms with E-state index in [0.717, 1.165) is 90.2 Å². The molecule has 0 radical (unpaired) electrons. The van der Waals surface area contributed by atoms with Crippen LogP contribution in [0.25, 0.3) is 44.6 Å². The van der Waals surface area contributed by atoms with Crippen molar-refractivity contribution in [3.05, 3.63) is 127 Å². The molecule has 2 N–H and O–H groups in total. The van der Waals surface area contributed by atoms with Gasteiger partial charge in [-0.15, -0.1) is 0 Å². The third-order valence-electron chi connectivity index (χ3n) is 14.3. The summed E-state index contributed by atoms with van der Waals surface area (Å²) in [5.41, 5.74) is 4.59. The molecule has 452 valence electrons. The van der Waals surface area contributed by atoms with E-state index in [9.17, 15) is 28.0 Å². The summed E-state index contributed by atoms with van der Waals surface area (Å²) >= 11 is 4.51. The number of carbonyl (C=O) groups excluding carboxylic acids is 4. The third kappa shape index (κ3) is 14.8. The average molecular weight is 1400 g/mol. The van der Waals surface area contributed by atoms with Crippen LogP contribution in [0.2, 0.25) is 0 Å². The highest BCUT2D eigenvalue weighted by atomic mass is 127. The van der Waals surface area contributed by atoms with Crippen molar-refractivity contribution in [3.63, 3.8) is 0 Å². The number of benzene rings is 4. The molecule has 0 unspecified atom stereocenters. The number of fused-ring (bicyclic) bond motifs is 2. The molecule has 2 fully saturated rings. The number of piperidine rings is 2. The quantitative estimate of drug-likeness (QED) is 0.0763. The average Bonchev–Trinajstić information content (AvgIpc) is 2.15. The number of Topliss-reactive ketones (excluding diaryl/α,β-unsaturated/α-hetero) is 2. The molecule has 4 aromatic heterocycles. The van der Waals surface area contributed by atoms with E-state index in [1.807, 2.05) is 84.8 Å². The van der Waals surface area contributed by atoms with E-state index in [1.165, 1.54) is 50.9 Å². The lowest BCUT2D eigenvalue weighted by molar-refractivity contribution is 0.0488. The molecular weight excluding hydrogens is 1330 g/mol. The highest BCUT2D eigenvalue weighted by Crippen LogP contribution is 2.39. The molecule has 2 aliphatic heterocycles. The van der Waals surface area contributed by atoms with Crippen molar-refractivity contribution in [1.29, 1.82) is 0 Å². The third-order valence-corrected chi connectivity index (χ3v) is 15.9. The smallest absolute Gasteiger partial charge is 0.407 e. The van der Waals surface area contributed by atoms with E-state index in [0.29, 0.717) is 13.1 Å². The molecule has 4 aromatic carbocycles. The number of aromatic nitrogens is 8. The number of halogens is 4. The van der Waals surface area contributed by atoms with Crippen molar-refractivity contribution >= 4 is 102 Å². The number of methoxy groups -OCH3 is 2. The van der Waals surface area contributed by atoms with Gasteiger partial charge < -0.3 is 39.4 Å². The van der Waals surface area contributed by atoms with E-state index in [4.69, 9.17) is 18.9 Å². The van der Waals surface area contributed by atoms with Gasteiger partial charge in [-0.1, -0.05) is 12.1 Å². The van der Waals surface area contributed by atoms with Gasteiger partial charge in [-0.3, -0.25) is 19.0 Å². The zero-order chi connectivity index (χ0) is 61.8. The van der Waals surface area contributed by atoms with E-state index in [1.54, 1.807) is 28.9 Å². The van der Waals surface area contributed by atoms with Gasteiger partial charge in [0.2, 0.25) is 0 Å². The lowest BCUT2D eigenvalue weighted by Gasteiger charge is -2.36. The van der Waals surface area contributed by atoms with Crippen molar-refractivity contribution in [1.82, 2.24) is 50.1 Å². The van der Waals surface area contributed by atoms with Crippen LogP contribution in [-0.4, -0.2) is 127 Å². The lowest BCUT2D eigenvalue weighted by atomic mass is 9.98. The van der Waals surface area contributed by atoms with Gasteiger partial charge in [0, 0.05) is 102 Å². The number of ether oxygens (including phenoxy) is 4. The first-order chi connectivity index (χ1) is 40.9. The van der Waals surface area contributed by atoms with Gasteiger partial charge in [0.1, 0.15) is 51.2 Å². The Morgan fingerprint density at radius 1 is 0.663 bits per heavy atom. The van der Waals surface area contributed by atoms with Gasteiger partial charge in [-0.05, 0) is 172 Å². The zero-order valence-corrected chi connectivity index (χ0v) is 53.9. The summed E-state index contributed by atoms with van der Waals surface area (Å²) < 4.78 is 56.6. The number of amides is 2. The summed E-state index contributed by atoms with van der Waals surface area (Å²) in [6, 6.07) is 15.7. The number of hydrogen-bond donors (Lipinski definition) is 2. The molecule has 10 rings (SSSR count). The van der Waals surface area contributed by atoms with Gasteiger partial charge in [0.05, 0.1) is 48.4 Å². The zero-order valence-electron chi connectivity index (χ0n) is 49.6. The van der Waals surface area contributed by atoms with Crippen molar-refractivity contribution in [2.45, 2.75) is 103 Å². The molecule has 0 spiro atoms. The molecule has 2 saturated heterocycles. The van der Waals surface area contributed by atoms with Crippen LogP contribution in [0.15, 0.2) is 85.5 Å². The minimum atomic E-state index is -0.595. The number of rotatable bonds is 14. The number of aryl methyl sites for hydroxylation is 2. The highest BCUT2D eigenvalue weighted by molar-refractivity contribution is 14.1. The molecule has 20 nitrogen and oxygen atoms in total. The predicted molar refractivity (Wildman–Crippen MR) is 340 cm³/mol. The van der Waals surface area contributed by atoms with Crippen molar-refractivity contribution < 1.29 is 46.9 Å². The van der Waals surface area contributed by atoms with Crippen molar-refractivity contribution in [2.75, 3.05) is 50.2 Å². The number of carbonyl (C=O) groups is 4. The number of hydrogen-bond acceptors (Lipinski definition) is 16. The number of alkyl carbamates (subject to hydrolysis) is 2. The maximum Gasteiger partial charge on any atom is 0.407 e. The molecule has 0 bridgehead atoms. The molecule has 86 heavy (non-hydrogen) atoms. The Balaban J connectivity index is 0.000000205. The molecule has 0 saturated carbocycles. The van der Waals surface area contributed by atoms with E-state index in [2.05, 4.69) is 95.7 Å². The monoisotopic (exact) mass is 1400 g/mol. The van der Waals surface area contributed by atoms with Crippen LogP contribution < -0.4 is 29.9 Å². The fraction of sp³-hybridized carbons (Fsp3) is 0.387. The summed E-state index contributed by atoms with van der Waals surface area (Å²) in [7, 11) is 6.65. The molecule has 24 heteroatoms. The minimum absolute atomic E-state index is 0.0572. The van der Waals surface area contributed by atoms with Crippen molar-refractivity contribution in [2.24, 2.45) is 14.1 Å². The Bertz CT molecular complexity index is 3690. The number of nitrogens with zero attached hydrogens (tertiary/aromatic N) is 10. The van der Waals surface area contributed by atoms with Crippen LogP contribution in [0.1, 0.15) is 99.3 Å². The topological polar surface area (TPSA) is 223 Å². The summed E-state index contributed by atoms with van der Waals surface area (Å²) in [6.45, 7) is 13.6.